The predicted octanol–water partition coefficient (Wildman–Crippen LogP) is 3.53. The molecular formula is C14H20O3. The Kier molecular flexibility index (Phi) is 6.33. The molecule has 0 spiro atoms. The molecule has 17 heavy (non-hydrogen) atoms. The topological polar surface area (TPSA) is 35.5 Å². The molecule has 0 aliphatic rings. The molecule has 3 nitrogen and oxygen atoms in total. The van der Waals surface area contributed by atoms with Crippen LogP contribution in [0.5, 0.6) is 0 Å². The fourth-order valence-electron chi connectivity index (χ4n) is 1.42. The first-order valence-corrected chi connectivity index (χ1v) is 6.20. The van der Waals surface area contributed by atoms with Gasteiger partial charge in [-0.05, 0) is 37.0 Å². The highest BCUT2D eigenvalue weighted by molar-refractivity contribution is 5.88. The van der Waals surface area contributed by atoms with Gasteiger partial charge in [-0.1, -0.05) is 32.4 Å². The third kappa shape index (κ3) is 5.00. The third-order valence-corrected chi connectivity index (χ3v) is 2.43. The van der Waals surface area contributed by atoms with Gasteiger partial charge in [0, 0.05) is 0 Å². The van der Waals surface area contributed by atoms with E-state index >= 15 is 0 Å². The summed E-state index contributed by atoms with van der Waals surface area (Å²) in [6.07, 6.45) is 4.22. The summed E-state index contributed by atoms with van der Waals surface area (Å²) in [5.41, 5.74) is 1.78. The van der Waals surface area contributed by atoms with Gasteiger partial charge in [-0.2, -0.15) is 4.89 Å². The van der Waals surface area contributed by atoms with Crippen LogP contribution < -0.4 is 0 Å². The van der Waals surface area contributed by atoms with Crippen LogP contribution in [-0.2, 0) is 16.2 Å². The molecule has 0 saturated heterocycles. The molecule has 0 aromatic heterocycles. The molecule has 1 aromatic rings. The van der Waals surface area contributed by atoms with E-state index in [-0.39, 0.29) is 0 Å². The SMILES string of the molecule is CCCCc1ccc(C(=O)OOCCC)cc1. The van der Waals surface area contributed by atoms with Crippen LogP contribution in [0.4, 0.5) is 0 Å². The van der Waals surface area contributed by atoms with Crippen molar-refractivity contribution in [2.75, 3.05) is 6.61 Å². The lowest BCUT2D eigenvalue weighted by Gasteiger charge is -2.04. The highest BCUT2D eigenvalue weighted by Gasteiger charge is 2.07. The molecule has 3 heteroatoms. The summed E-state index contributed by atoms with van der Waals surface area (Å²) in [6.45, 7) is 4.55. The lowest BCUT2D eigenvalue weighted by molar-refractivity contribution is -0.240. The van der Waals surface area contributed by atoms with Crippen LogP contribution in [0.1, 0.15) is 49.0 Å². The number of unbranched alkanes of at least 4 members (excludes halogenated alkanes) is 1. The zero-order chi connectivity index (χ0) is 12.5. The molecule has 0 aliphatic carbocycles. The van der Waals surface area contributed by atoms with Crippen LogP contribution in [-0.4, -0.2) is 12.6 Å². The van der Waals surface area contributed by atoms with Gasteiger partial charge in [0.1, 0.15) is 0 Å². The monoisotopic (exact) mass is 236 g/mol. The smallest absolute Gasteiger partial charge is 0.293 e. The Morgan fingerprint density at radius 3 is 2.41 bits per heavy atom. The lowest BCUT2D eigenvalue weighted by atomic mass is 10.1. The summed E-state index contributed by atoms with van der Waals surface area (Å²) < 4.78 is 0. The van der Waals surface area contributed by atoms with Gasteiger partial charge in [0.05, 0.1) is 12.2 Å². The van der Waals surface area contributed by atoms with Crippen molar-refractivity contribution in [2.45, 2.75) is 39.5 Å². The van der Waals surface area contributed by atoms with E-state index in [1.165, 1.54) is 18.4 Å². The van der Waals surface area contributed by atoms with E-state index in [2.05, 4.69) is 11.8 Å². The van der Waals surface area contributed by atoms with Crippen LogP contribution in [0.25, 0.3) is 0 Å². The Labute approximate surface area is 103 Å². The maximum absolute atomic E-state index is 11.5. The van der Waals surface area contributed by atoms with Crippen molar-refractivity contribution in [1.29, 1.82) is 0 Å². The minimum atomic E-state index is -0.430. The van der Waals surface area contributed by atoms with Crippen LogP contribution >= 0.6 is 0 Å². The van der Waals surface area contributed by atoms with E-state index in [0.29, 0.717) is 12.2 Å². The molecule has 0 radical (unpaired) electrons. The number of carbonyl (C=O) groups excluding carboxylic acids is 1. The largest absolute Gasteiger partial charge is 0.373 e. The Hall–Kier alpha value is -1.35. The van der Waals surface area contributed by atoms with Gasteiger partial charge in [-0.3, -0.25) is 4.89 Å². The molecule has 0 bridgehead atoms. The molecule has 0 fully saturated rings. The fourth-order valence-corrected chi connectivity index (χ4v) is 1.42. The van der Waals surface area contributed by atoms with Gasteiger partial charge >= 0.3 is 5.97 Å². The first-order chi connectivity index (χ1) is 8.27. The Bertz CT molecular complexity index is 330. The second-order valence-electron chi connectivity index (χ2n) is 3.99. The van der Waals surface area contributed by atoms with E-state index in [1.807, 2.05) is 19.1 Å². The second kappa shape index (κ2) is 7.85. The molecule has 0 heterocycles. The highest BCUT2D eigenvalue weighted by Crippen LogP contribution is 2.09. The molecule has 0 aliphatic heterocycles. The highest BCUT2D eigenvalue weighted by atomic mass is 17.2. The Balaban J connectivity index is 2.46. The summed E-state index contributed by atoms with van der Waals surface area (Å²) >= 11 is 0. The van der Waals surface area contributed by atoms with Crippen molar-refractivity contribution in [3.05, 3.63) is 35.4 Å². The van der Waals surface area contributed by atoms with Crippen molar-refractivity contribution in [3.63, 3.8) is 0 Å². The van der Waals surface area contributed by atoms with Crippen LogP contribution in [0.15, 0.2) is 24.3 Å². The zero-order valence-corrected chi connectivity index (χ0v) is 10.6. The summed E-state index contributed by atoms with van der Waals surface area (Å²) in [6, 6.07) is 7.49. The number of hydrogen-bond acceptors (Lipinski definition) is 3. The first-order valence-electron chi connectivity index (χ1n) is 6.20. The Morgan fingerprint density at radius 2 is 1.82 bits per heavy atom. The first kappa shape index (κ1) is 13.7. The van der Waals surface area contributed by atoms with Gasteiger partial charge in [-0.25, -0.2) is 4.79 Å². The van der Waals surface area contributed by atoms with Crippen molar-refractivity contribution in [1.82, 2.24) is 0 Å². The van der Waals surface area contributed by atoms with Gasteiger partial charge in [0.25, 0.3) is 0 Å². The molecular weight excluding hydrogens is 216 g/mol. The number of benzene rings is 1. The van der Waals surface area contributed by atoms with Gasteiger partial charge < -0.3 is 0 Å². The second-order valence-corrected chi connectivity index (χ2v) is 3.99. The van der Waals surface area contributed by atoms with E-state index in [9.17, 15) is 4.79 Å². The minimum absolute atomic E-state index is 0.430. The van der Waals surface area contributed by atoms with Crippen LogP contribution in [0, 0.1) is 0 Å². The van der Waals surface area contributed by atoms with Crippen LogP contribution in [0.3, 0.4) is 0 Å². The third-order valence-electron chi connectivity index (χ3n) is 2.43. The van der Waals surface area contributed by atoms with E-state index in [4.69, 9.17) is 4.89 Å². The molecule has 1 aromatic carbocycles. The van der Waals surface area contributed by atoms with Gasteiger partial charge in [0.2, 0.25) is 0 Å². The normalized spacial score (nSPS) is 10.2. The average Bonchev–Trinajstić information content (AvgIpc) is 2.37. The van der Waals surface area contributed by atoms with E-state index < -0.39 is 5.97 Å². The summed E-state index contributed by atoms with van der Waals surface area (Å²) in [5, 5.41) is 0. The molecule has 0 atom stereocenters. The summed E-state index contributed by atoms with van der Waals surface area (Å²) in [7, 11) is 0. The number of rotatable bonds is 7. The summed E-state index contributed by atoms with van der Waals surface area (Å²) in [5.74, 6) is -0.430. The number of carbonyl (C=O) groups is 1. The standard InChI is InChI=1S/C14H20O3/c1-3-5-6-12-7-9-13(10-8-12)14(15)17-16-11-4-2/h7-10H,3-6,11H2,1-2H3. The fraction of sp³-hybridized carbons (Fsp3) is 0.500. The molecule has 0 saturated carbocycles. The van der Waals surface area contributed by atoms with Crippen molar-refractivity contribution >= 4 is 5.97 Å². The number of aryl methyl sites for hydroxylation is 1. The lowest BCUT2D eigenvalue weighted by Crippen LogP contribution is -2.06. The molecule has 0 N–H and O–H groups in total. The van der Waals surface area contributed by atoms with E-state index in [0.717, 1.165) is 12.8 Å². The maximum atomic E-state index is 11.5. The van der Waals surface area contributed by atoms with Gasteiger partial charge in [0.15, 0.2) is 0 Å². The summed E-state index contributed by atoms with van der Waals surface area (Å²) in [4.78, 5) is 20.9. The molecule has 1 rings (SSSR count). The Morgan fingerprint density at radius 1 is 1.12 bits per heavy atom. The quantitative estimate of drug-likeness (QED) is 0.413. The van der Waals surface area contributed by atoms with Crippen LogP contribution in [0.2, 0.25) is 0 Å². The molecule has 0 amide bonds. The van der Waals surface area contributed by atoms with E-state index in [1.54, 1.807) is 12.1 Å². The molecule has 0 unspecified atom stereocenters. The van der Waals surface area contributed by atoms with Crippen molar-refractivity contribution in [3.8, 4) is 0 Å². The maximum Gasteiger partial charge on any atom is 0.373 e. The van der Waals surface area contributed by atoms with Crippen molar-refractivity contribution in [2.24, 2.45) is 0 Å². The zero-order valence-electron chi connectivity index (χ0n) is 10.6. The van der Waals surface area contributed by atoms with Gasteiger partial charge in [-0.15, -0.1) is 0 Å². The molecule has 94 valence electrons. The minimum Gasteiger partial charge on any atom is -0.293 e. The predicted molar refractivity (Wildman–Crippen MR) is 66.7 cm³/mol. The number of hydrogen-bond donors (Lipinski definition) is 0. The average molecular weight is 236 g/mol. The van der Waals surface area contributed by atoms with Crippen molar-refractivity contribution < 1.29 is 14.6 Å².